The van der Waals surface area contributed by atoms with E-state index in [-0.39, 0.29) is 191 Å². The third kappa shape index (κ3) is 8.99. The smallest absolute Gasteiger partial charge is 0.808 e. The van der Waals surface area contributed by atoms with Crippen molar-refractivity contribution in [2.24, 2.45) is 0 Å². The summed E-state index contributed by atoms with van der Waals surface area (Å²) in [5, 5.41) is -7.77. The van der Waals surface area contributed by atoms with Crippen LogP contribution in [0.15, 0.2) is 0 Å². The molecule has 1 rings (SSSR count). The van der Waals surface area contributed by atoms with Crippen LogP contribution in [0.5, 0.6) is 0 Å². The predicted octanol–water partition coefficient (Wildman–Crippen LogP) is -21.7. The molecule has 26 heavy (non-hydrogen) atoms. The number of rotatable bonds is 2. The van der Waals surface area contributed by atoms with E-state index in [0.717, 1.165) is 0 Å². The van der Waals surface area contributed by atoms with Gasteiger partial charge >= 0.3 is 177 Å². The minimum absolute atomic E-state index is 0. The maximum atomic E-state index is 11.5. The van der Waals surface area contributed by atoms with Crippen LogP contribution in [0.3, 0.4) is 0 Å². The molecule has 1 heterocycles. The van der Waals surface area contributed by atoms with Gasteiger partial charge in [-0.1, -0.05) is 0 Å². The fourth-order valence-corrected chi connectivity index (χ4v) is 7.91. The van der Waals surface area contributed by atoms with E-state index < -0.39 is 40.5 Å². The molecule has 4 unspecified atom stereocenters. The molecule has 0 bridgehead atoms. The molecule has 0 aliphatic carbocycles. The summed E-state index contributed by atoms with van der Waals surface area (Å²) in [5.41, 5.74) is 0. The van der Waals surface area contributed by atoms with E-state index in [2.05, 4.69) is 9.05 Å². The molecule has 0 aromatic heterocycles. The molecule has 120 valence electrons. The van der Waals surface area contributed by atoms with Crippen LogP contribution in [-0.2, 0) is 27.3 Å². The van der Waals surface area contributed by atoms with Gasteiger partial charge in [-0.2, -0.15) is 0 Å². The van der Waals surface area contributed by atoms with Crippen molar-refractivity contribution < 1.29 is 234 Å². The van der Waals surface area contributed by atoms with Crippen LogP contribution in [0.1, 0.15) is 13.8 Å². The Morgan fingerprint density at radius 1 is 0.654 bits per heavy atom. The van der Waals surface area contributed by atoms with Gasteiger partial charge in [0, 0.05) is 0 Å². The first-order valence-electron chi connectivity index (χ1n) is 4.49. The van der Waals surface area contributed by atoms with Crippen LogP contribution in [0.25, 0.3) is 0 Å². The van der Waals surface area contributed by atoms with Crippen molar-refractivity contribution in [2.45, 2.75) is 24.0 Å². The van der Waals surface area contributed by atoms with Crippen molar-refractivity contribution in [3.8, 4) is 0 Å². The first-order chi connectivity index (χ1) is 8.41. The zero-order valence-electron chi connectivity index (χ0n) is 15.7. The summed E-state index contributed by atoms with van der Waals surface area (Å²) in [7, 11) is -24.6. The minimum atomic E-state index is -6.25. The van der Waals surface area contributed by atoms with E-state index in [4.69, 9.17) is 0 Å². The summed E-state index contributed by atoms with van der Waals surface area (Å²) in [6.45, 7) is 0.123. The molecule has 12 nitrogen and oxygen atoms in total. The topological polar surface area (TPSA) is 225 Å². The quantitative estimate of drug-likeness (QED) is 0.250. The average molecular weight is 508 g/mol. The fourth-order valence-electron chi connectivity index (χ4n) is 1.12. The summed E-state index contributed by atoms with van der Waals surface area (Å²) in [6.07, 6.45) is 0. The third-order valence-electron chi connectivity index (χ3n) is 2.62. The van der Waals surface area contributed by atoms with E-state index in [1.807, 2.05) is 0 Å². The van der Waals surface area contributed by atoms with E-state index in [1.54, 1.807) is 0 Å². The van der Waals surface area contributed by atoms with E-state index >= 15 is 0 Å². The molecule has 0 saturated carbocycles. The van der Waals surface area contributed by atoms with Gasteiger partial charge in [0.25, 0.3) is 0 Å². The Morgan fingerprint density at radius 3 is 0.923 bits per heavy atom. The van der Waals surface area contributed by atoms with Crippen molar-refractivity contribution >= 4 is 30.4 Å². The van der Waals surface area contributed by atoms with E-state index in [9.17, 15) is 47.6 Å². The molecule has 4 atom stereocenters. The van der Waals surface area contributed by atoms with Gasteiger partial charge in [0.2, 0.25) is 0 Å². The summed E-state index contributed by atoms with van der Waals surface area (Å²) in [4.78, 5) is 66.6. The average Bonchev–Trinajstić information content (AvgIpc) is 2.09. The SMILES string of the molecule is CC1(P(=O)([O-])[O-])OP(=O)([O-])C(C)(P(=O)([O-])[O-])OP1(=O)[O-].[Na+].[Na+].[Na+].[Na+].[Na+].[Na+]. The molecule has 1 saturated heterocycles. The molecule has 1 aliphatic heterocycles. The molecule has 0 spiro atoms. The van der Waals surface area contributed by atoms with E-state index in [0.29, 0.717) is 0 Å². The second-order valence-electron chi connectivity index (χ2n) is 4.04. The van der Waals surface area contributed by atoms with Crippen molar-refractivity contribution in [1.29, 1.82) is 0 Å². The molecule has 0 amide bonds. The van der Waals surface area contributed by atoms with Gasteiger partial charge in [-0.15, -0.1) is 0 Å². The van der Waals surface area contributed by atoms with Crippen LogP contribution in [0.2, 0.25) is 0 Å². The normalized spacial score (nSPS) is 36.3. The number of hydrogen-bond acceptors (Lipinski definition) is 12. The molecule has 0 radical (unpaired) electrons. The Bertz CT molecular complexity index is 579. The molecule has 0 N–H and O–H groups in total. The Kier molecular flexibility index (Phi) is 26.3. The molecule has 0 aromatic carbocycles. The predicted molar refractivity (Wildman–Crippen MR) is 49.4 cm³/mol. The van der Waals surface area contributed by atoms with Gasteiger partial charge in [0.05, 0.1) is 0 Å². The summed E-state index contributed by atoms with van der Waals surface area (Å²) >= 11 is 0. The van der Waals surface area contributed by atoms with Crippen LogP contribution >= 0.6 is 30.4 Å². The fraction of sp³-hybridized carbons (Fsp3) is 1.00. The molecule has 0 aromatic rings. The molecule has 22 heteroatoms. The van der Waals surface area contributed by atoms with Gasteiger partial charge < -0.3 is 56.7 Å². The summed E-state index contributed by atoms with van der Waals surface area (Å²) in [6, 6.07) is 0. The second-order valence-corrected chi connectivity index (χ2v) is 12.5. The van der Waals surface area contributed by atoms with Crippen molar-refractivity contribution in [3.05, 3.63) is 0 Å². The first-order valence-corrected chi connectivity index (χ1v) is 10.7. The van der Waals surface area contributed by atoms with Gasteiger partial charge in [-0.05, 0) is 29.0 Å². The van der Waals surface area contributed by atoms with Crippen molar-refractivity contribution in [3.63, 3.8) is 0 Å². The maximum absolute atomic E-state index is 11.5. The monoisotopic (exact) mass is 508 g/mol. The molecular weight excluding hydrogens is 502 g/mol. The van der Waals surface area contributed by atoms with Crippen molar-refractivity contribution in [2.75, 3.05) is 0 Å². The van der Waals surface area contributed by atoms with Crippen LogP contribution < -0.4 is 207 Å². The maximum Gasteiger partial charge on any atom is 1.00 e. The summed E-state index contributed by atoms with van der Waals surface area (Å²) in [5.74, 6) is 0. The first kappa shape index (κ1) is 46.0. The summed E-state index contributed by atoms with van der Waals surface area (Å²) < 4.78 is 52.3. The Labute approximate surface area is 282 Å². The Balaban J connectivity index is -0.000000167. The molecule has 1 aliphatic rings. The largest absolute Gasteiger partial charge is 1.00 e. The Hall–Kier alpha value is 6.60. The van der Waals surface area contributed by atoms with Crippen molar-refractivity contribution in [1.82, 2.24) is 0 Å². The second kappa shape index (κ2) is 14.9. The van der Waals surface area contributed by atoms with Gasteiger partial charge in [0.15, 0.2) is 25.4 Å². The van der Waals surface area contributed by atoms with Crippen LogP contribution in [0, 0.1) is 0 Å². The van der Waals surface area contributed by atoms with Gasteiger partial charge in [-0.3, -0.25) is 0 Å². The van der Waals surface area contributed by atoms with Crippen LogP contribution in [-0.4, -0.2) is 10.2 Å². The van der Waals surface area contributed by atoms with Gasteiger partial charge in [0.1, 0.15) is 0 Å². The zero-order chi connectivity index (χ0) is 16.4. The molecule has 1 fully saturated rings. The third-order valence-corrected chi connectivity index (χ3v) is 11.8. The van der Waals surface area contributed by atoms with Crippen LogP contribution in [0.4, 0.5) is 0 Å². The molecular formula is C4H6Na6O12P4. The van der Waals surface area contributed by atoms with Gasteiger partial charge in [-0.25, -0.2) is 0 Å². The zero-order valence-corrected chi connectivity index (χ0v) is 31.3. The standard InChI is InChI=1S/C4H12O12P4.6Na/c1-3(17(5,6)7)15-20(13,14)4(2,18(8,9)10)16-19(3,11)12;;;;;;/h1-2H3,(H,11,12)(H,13,14)(H2,5,6,7)(H2,8,9,10);;;;;;/q;6*+1/p-6. The number of hydrogen-bond donors (Lipinski definition) is 0. The minimum Gasteiger partial charge on any atom is -0.808 e. The van der Waals surface area contributed by atoms with E-state index in [1.165, 1.54) is 0 Å². The Morgan fingerprint density at radius 2 is 0.808 bits per heavy atom.